The van der Waals surface area contributed by atoms with Gasteiger partial charge in [0, 0.05) is 94.6 Å². The highest BCUT2D eigenvalue weighted by Crippen LogP contribution is 2.35. The maximum atomic E-state index is 13.7. The van der Waals surface area contributed by atoms with Crippen molar-refractivity contribution >= 4 is 70.8 Å². The number of fused-ring (bicyclic) bond motifs is 1. The number of carbonyl (C=O) groups is 10. The molecule has 1 saturated carbocycles. The summed E-state index contributed by atoms with van der Waals surface area (Å²) in [4.78, 5) is 133. The molecule has 4 atom stereocenters. The fraction of sp³-hybridized carbons (Fsp3) is 0.627. The number of rotatable bonds is 34. The lowest BCUT2D eigenvalue weighted by Crippen LogP contribution is -2.47. The van der Waals surface area contributed by atoms with E-state index in [0.29, 0.717) is 68.2 Å². The zero-order valence-corrected chi connectivity index (χ0v) is 45.1. The van der Waals surface area contributed by atoms with Gasteiger partial charge in [-0.1, -0.05) is 38.5 Å². The standard InChI is InChI=1S/C51H72N12O14S/c1-51(2)30-37(64)45(38(65)31-51)34(52-22-23-55-49(72)47-59-61-63(60-47)33-10-4-3-5-11-33)14-15-35(56-41(67)16-19-44(70)77-62-42(68)17-18-43(62)69)48(71)54-21-9-25-75-27-29-76-28-26-74-24-8-20-53-40(66)13-7-6-12-39-46-36(32-78-39)57-50(73)58-46/h3-5,10-11,35-36,39,46,52H,6-9,12-32H2,1-2H3,(H,53,66)(H,54,71)(H,55,72)(H,56,67)(H2,57,58,73)/t35-,36-,39-,46-/m0/s1. The van der Waals surface area contributed by atoms with Crippen molar-refractivity contribution in [1.82, 2.24) is 62.5 Å². The number of ketones is 2. The molecule has 78 heavy (non-hydrogen) atoms. The normalized spacial score (nSPS) is 18.9. The summed E-state index contributed by atoms with van der Waals surface area (Å²) in [6.07, 6.45) is 3.03. The number of ether oxygens (including phenoxy) is 3. The van der Waals surface area contributed by atoms with E-state index in [-0.39, 0.29) is 112 Å². The molecular weight excluding hydrogens is 1040 g/mol. The van der Waals surface area contributed by atoms with Gasteiger partial charge in [-0.05, 0) is 61.3 Å². The third kappa shape index (κ3) is 19.6. The number of amides is 8. The molecule has 26 nitrogen and oxygen atoms in total. The number of benzene rings is 1. The summed E-state index contributed by atoms with van der Waals surface area (Å²) < 4.78 is 16.8. The quantitative estimate of drug-likeness (QED) is 0.0166. The monoisotopic (exact) mass is 1110 g/mol. The predicted octanol–water partition coefficient (Wildman–Crippen LogP) is 0.635. The minimum absolute atomic E-state index is 0.00712. The first kappa shape index (κ1) is 60.4. The van der Waals surface area contributed by atoms with Crippen molar-refractivity contribution in [2.75, 3.05) is 71.6 Å². The van der Waals surface area contributed by atoms with Crippen molar-refractivity contribution in [3.63, 3.8) is 0 Å². The van der Waals surface area contributed by atoms with Crippen molar-refractivity contribution in [2.24, 2.45) is 5.41 Å². The predicted molar refractivity (Wildman–Crippen MR) is 279 cm³/mol. The van der Waals surface area contributed by atoms with E-state index in [1.54, 1.807) is 24.3 Å². The molecule has 2 aromatic rings. The minimum Gasteiger partial charge on any atom is -0.386 e. The van der Waals surface area contributed by atoms with E-state index in [2.05, 4.69) is 52.6 Å². The zero-order valence-electron chi connectivity index (χ0n) is 44.2. The number of hydrogen-bond acceptors (Lipinski definition) is 19. The number of Topliss-reactive ketones (excluding diaryl/α,β-unsaturated/α-hetero) is 2. The number of carbonyl (C=O) groups excluding carboxylic acids is 10. The summed E-state index contributed by atoms with van der Waals surface area (Å²) in [7, 11) is 0. The summed E-state index contributed by atoms with van der Waals surface area (Å²) in [5.74, 6) is -4.35. The SMILES string of the molecule is CC1(C)CC(=O)C(=C(CC[C@H](NC(=O)CCC(=O)ON2C(=O)CCC2=O)C(=O)NCCCOCCOCCOCCCNC(=O)CCCC[C@@H]2SC[C@@H]3NC(=O)N[C@@H]32)NCCNC(=O)c2nnn(-c3ccccc3)n2)C(=O)C1. The third-order valence-electron chi connectivity index (χ3n) is 13.0. The molecule has 6 rings (SSSR count). The summed E-state index contributed by atoms with van der Waals surface area (Å²) in [6, 6.07) is 7.93. The van der Waals surface area contributed by atoms with Crippen LogP contribution in [-0.2, 0) is 57.4 Å². The second-order valence-electron chi connectivity index (χ2n) is 19.9. The van der Waals surface area contributed by atoms with E-state index in [0.717, 1.165) is 25.0 Å². The van der Waals surface area contributed by atoms with E-state index >= 15 is 0 Å². The molecule has 4 fully saturated rings. The summed E-state index contributed by atoms with van der Waals surface area (Å²) in [5.41, 5.74) is 0.175. The average molecular weight is 1110 g/mol. The first-order valence-electron chi connectivity index (χ1n) is 26.6. The Morgan fingerprint density at radius 2 is 1.38 bits per heavy atom. The fourth-order valence-electron chi connectivity index (χ4n) is 9.01. The summed E-state index contributed by atoms with van der Waals surface area (Å²) >= 11 is 1.87. The van der Waals surface area contributed by atoms with E-state index in [1.165, 1.54) is 4.80 Å². The van der Waals surface area contributed by atoms with Crippen LogP contribution in [0.3, 0.4) is 0 Å². The maximum absolute atomic E-state index is 13.7. The van der Waals surface area contributed by atoms with Gasteiger partial charge in [0.15, 0.2) is 11.6 Å². The van der Waals surface area contributed by atoms with Crippen molar-refractivity contribution in [3.8, 4) is 5.69 Å². The lowest BCUT2D eigenvalue weighted by molar-refractivity contribution is -0.197. The van der Waals surface area contributed by atoms with Crippen LogP contribution >= 0.6 is 11.8 Å². The molecule has 4 heterocycles. The van der Waals surface area contributed by atoms with Crippen LogP contribution in [0, 0.1) is 5.41 Å². The highest BCUT2D eigenvalue weighted by molar-refractivity contribution is 8.00. The van der Waals surface area contributed by atoms with Gasteiger partial charge in [0.2, 0.25) is 17.7 Å². The summed E-state index contributed by atoms with van der Waals surface area (Å²) in [5, 5.41) is 32.7. The van der Waals surface area contributed by atoms with Crippen LogP contribution in [0.1, 0.15) is 114 Å². The Morgan fingerprint density at radius 3 is 2.08 bits per heavy atom. The number of allylic oxidation sites excluding steroid dienone is 2. The first-order chi connectivity index (χ1) is 37.6. The second kappa shape index (κ2) is 30.9. The highest BCUT2D eigenvalue weighted by Gasteiger charge is 2.43. The molecule has 1 aromatic heterocycles. The third-order valence-corrected chi connectivity index (χ3v) is 14.5. The van der Waals surface area contributed by atoms with Crippen LogP contribution in [0.5, 0.6) is 0 Å². The molecule has 1 aliphatic carbocycles. The molecule has 0 unspecified atom stereocenters. The number of urea groups is 1. The molecule has 0 radical (unpaired) electrons. The molecule has 4 aliphatic rings. The van der Waals surface area contributed by atoms with E-state index in [9.17, 15) is 47.9 Å². The van der Waals surface area contributed by atoms with E-state index in [4.69, 9.17) is 19.0 Å². The molecule has 8 amide bonds. The molecule has 7 N–H and O–H groups in total. The van der Waals surface area contributed by atoms with Crippen LogP contribution in [0.25, 0.3) is 5.69 Å². The van der Waals surface area contributed by atoms with Crippen molar-refractivity contribution in [3.05, 3.63) is 47.4 Å². The van der Waals surface area contributed by atoms with Crippen LogP contribution < -0.4 is 37.2 Å². The molecule has 27 heteroatoms. The maximum Gasteiger partial charge on any atom is 0.333 e. The van der Waals surface area contributed by atoms with Gasteiger partial charge in [0.1, 0.15) is 6.04 Å². The van der Waals surface area contributed by atoms with Crippen molar-refractivity contribution in [2.45, 2.75) is 127 Å². The number of unbranched alkanes of at least 4 members (excludes halogenated alkanes) is 1. The average Bonchev–Trinajstić information content (AvgIpc) is 4.26. The number of nitrogens with zero attached hydrogens (tertiary/aromatic N) is 5. The van der Waals surface area contributed by atoms with Gasteiger partial charge in [-0.3, -0.25) is 38.4 Å². The Bertz CT molecular complexity index is 2440. The van der Waals surface area contributed by atoms with Crippen molar-refractivity contribution in [1.29, 1.82) is 0 Å². The number of imide groups is 1. The van der Waals surface area contributed by atoms with Crippen LogP contribution in [-0.4, -0.2) is 179 Å². The minimum atomic E-state index is -1.22. The molecule has 0 spiro atoms. The zero-order chi connectivity index (χ0) is 55.9. The summed E-state index contributed by atoms with van der Waals surface area (Å²) in [6.45, 7) is 6.39. The number of nitrogens with one attached hydrogen (secondary N) is 7. The molecule has 1 aromatic carbocycles. The number of hydroxylamine groups is 2. The van der Waals surface area contributed by atoms with Crippen LogP contribution in [0.2, 0.25) is 0 Å². The molecule has 3 aliphatic heterocycles. The number of aromatic nitrogens is 4. The number of hydrogen-bond donors (Lipinski definition) is 7. The smallest absolute Gasteiger partial charge is 0.333 e. The molecule has 3 saturated heterocycles. The van der Waals surface area contributed by atoms with Gasteiger partial charge in [-0.2, -0.15) is 11.8 Å². The lowest BCUT2D eigenvalue weighted by Gasteiger charge is -2.30. The molecule has 0 bridgehead atoms. The first-order valence-corrected chi connectivity index (χ1v) is 27.6. The van der Waals surface area contributed by atoms with Gasteiger partial charge in [0.05, 0.1) is 56.2 Å². The Labute approximate surface area is 456 Å². The molecular formula is C51H72N12O14S. The lowest BCUT2D eigenvalue weighted by atomic mass is 9.73. The second-order valence-corrected chi connectivity index (χ2v) is 21.2. The largest absolute Gasteiger partial charge is 0.386 e. The van der Waals surface area contributed by atoms with Gasteiger partial charge in [-0.25, -0.2) is 9.59 Å². The van der Waals surface area contributed by atoms with E-state index in [1.807, 2.05) is 31.7 Å². The number of tetrazole rings is 1. The fourth-order valence-corrected chi connectivity index (χ4v) is 10.6. The number of para-hydroxylation sites is 1. The number of thioether (sulfide) groups is 1. The topological polar surface area (TPSA) is 339 Å². The van der Waals surface area contributed by atoms with Gasteiger partial charge >= 0.3 is 12.0 Å². The Kier molecular flexibility index (Phi) is 23.9. The highest BCUT2D eigenvalue weighted by atomic mass is 32.2. The Morgan fingerprint density at radius 1 is 0.731 bits per heavy atom. The van der Waals surface area contributed by atoms with Crippen molar-refractivity contribution < 1.29 is 67.0 Å². The van der Waals surface area contributed by atoms with Crippen LogP contribution in [0.15, 0.2) is 41.6 Å². The van der Waals surface area contributed by atoms with Gasteiger partial charge in [0.25, 0.3) is 23.5 Å². The Balaban J connectivity index is 0.895. The van der Waals surface area contributed by atoms with E-state index < -0.39 is 71.4 Å². The molecule has 426 valence electrons. The Hall–Kier alpha value is -6.84. The van der Waals surface area contributed by atoms with Crippen LogP contribution in [0.4, 0.5) is 4.79 Å². The van der Waals surface area contributed by atoms with Gasteiger partial charge in [-0.15, -0.1) is 20.1 Å². The van der Waals surface area contributed by atoms with Gasteiger partial charge < -0.3 is 56.3 Å².